The number of rotatable bonds is 21. The Hall–Kier alpha value is -3.14. The van der Waals surface area contributed by atoms with Crippen molar-refractivity contribution < 1.29 is 34.1 Å². The zero-order valence-electron chi connectivity index (χ0n) is 24.9. The van der Waals surface area contributed by atoms with Crippen molar-refractivity contribution in [1.29, 1.82) is 0 Å². The van der Waals surface area contributed by atoms with E-state index in [9.17, 15) is 19.5 Å². The molecule has 2 unspecified atom stereocenters. The lowest BCUT2D eigenvalue weighted by Gasteiger charge is -2.23. The lowest BCUT2D eigenvalue weighted by Crippen LogP contribution is -2.49. The maximum absolute atomic E-state index is 12.9. The normalized spacial score (nSPS) is 12.5. The van der Waals surface area contributed by atoms with E-state index in [1.54, 1.807) is 0 Å². The number of carboxylic acid groups (broad SMARTS) is 2. The van der Waals surface area contributed by atoms with Gasteiger partial charge in [-0.05, 0) is 93.7 Å². The molecule has 1 amide bonds. The Morgan fingerprint density at radius 3 is 2.17 bits per heavy atom. The van der Waals surface area contributed by atoms with E-state index in [0.29, 0.717) is 24.5 Å². The highest BCUT2D eigenvalue weighted by atomic mass is 35.5. The molecule has 0 aromatic heterocycles. The van der Waals surface area contributed by atoms with Gasteiger partial charge in [0.1, 0.15) is 6.61 Å². The van der Waals surface area contributed by atoms with Gasteiger partial charge in [0.05, 0.1) is 0 Å². The van der Waals surface area contributed by atoms with E-state index in [1.165, 1.54) is 16.7 Å². The quantitative estimate of drug-likeness (QED) is 0.133. The molecule has 0 heterocycles. The van der Waals surface area contributed by atoms with Crippen LogP contribution in [0.4, 0.5) is 5.69 Å². The van der Waals surface area contributed by atoms with Crippen LogP contribution >= 0.6 is 11.6 Å². The molecule has 0 saturated carbocycles. The molecule has 2 atom stereocenters. The van der Waals surface area contributed by atoms with Crippen molar-refractivity contribution in [2.75, 3.05) is 31.6 Å². The van der Waals surface area contributed by atoms with Gasteiger partial charge in [-0.2, -0.15) is 0 Å². The number of ether oxygens (including phenoxy) is 2. The number of benzene rings is 2. The Bertz CT molecular complexity index is 1160. The number of anilines is 1. The van der Waals surface area contributed by atoms with Crippen LogP contribution in [-0.4, -0.2) is 66.6 Å². The van der Waals surface area contributed by atoms with Gasteiger partial charge in [-0.25, -0.2) is 9.59 Å². The monoisotopic (exact) mass is 604 g/mol. The molecule has 0 saturated heterocycles. The van der Waals surface area contributed by atoms with Gasteiger partial charge in [0, 0.05) is 30.4 Å². The van der Waals surface area contributed by atoms with Crippen molar-refractivity contribution in [3.8, 4) is 0 Å². The number of nitrogens with one attached hydrogen (secondary N) is 2. The minimum Gasteiger partial charge on any atom is -0.480 e. The third-order valence-corrected chi connectivity index (χ3v) is 7.45. The van der Waals surface area contributed by atoms with Crippen LogP contribution in [0.1, 0.15) is 67.2 Å². The van der Waals surface area contributed by atoms with Crippen LogP contribution in [0.5, 0.6) is 0 Å². The van der Waals surface area contributed by atoms with Gasteiger partial charge in [0.25, 0.3) is 5.91 Å². The predicted octanol–water partition coefficient (Wildman–Crippen LogP) is 5.71. The van der Waals surface area contributed by atoms with E-state index in [1.807, 2.05) is 25.1 Å². The van der Waals surface area contributed by atoms with Crippen molar-refractivity contribution in [2.24, 2.45) is 0 Å². The molecule has 2 aromatic carbocycles. The first-order valence-corrected chi connectivity index (χ1v) is 15.0. The van der Waals surface area contributed by atoms with Gasteiger partial charge in [-0.3, -0.25) is 4.79 Å². The van der Waals surface area contributed by atoms with Gasteiger partial charge in [0.15, 0.2) is 12.2 Å². The summed E-state index contributed by atoms with van der Waals surface area (Å²) in [6.07, 6.45) is 3.70. The highest BCUT2D eigenvalue weighted by Crippen LogP contribution is 2.20. The Kier molecular flexibility index (Phi) is 16.0. The molecule has 2 rings (SSSR count). The molecule has 9 nitrogen and oxygen atoms in total. The fraction of sp³-hybridized carbons (Fsp3) is 0.531. The van der Waals surface area contributed by atoms with Crippen LogP contribution in [0.25, 0.3) is 0 Å². The number of hydrogen-bond acceptors (Lipinski definition) is 6. The maximum atomic E-state index is 12.9. The summed E-state index contributed by atoms with van der Waals surface area (Å²) in [7, 11) is 0. The van der Waals surface area contributed by atoms with Crippen molar-refractivity contribution >= 4 is 35.1 Å². The van der Waals surface area contributed by atoms with E-state index in [4.69, 9.17) is 26.2 Å². The topological polar surface area (TPSA) is 134 Å². The lowest BCUT2D eigenvalue weighted by molar-refractivity contribution is -0.172. The summed E-state index contributed by atoms with van der Waals surface area (Å²) >= 11 is 6.15. The van der Waals surface area contributed by atoms with Crippen molar-refractivity contribution in [2.45, 2.75) is 84.3 Å². The van der Waals surface area contributed by atoms with Gasteiger partial charge in [-0.1, -0.05) is 48.7 Å². The van der Waals surface area contributed by atoms with Gasteiger partial charge >= 0.3 is 11.9 Å². The number of aryl methyl sites for hydroxylation is 4. The average molecular weight is 605 g/mol. The molecule has 0 fully saturated rings. The SMILES string of the molecule is Cc1ccc(CCCCCCNC(=O)C(OCCCCCNc2ccc(C)c(Cl)c2)C(OCC(=O)O)C(=O)O)cc1C. The highest BCUT2D eigenvalue weighted by molar-refractivity contribution is 6.31. The second kappa shape index (κ2) is 19.1. The molecule has 42 heavy (non-hydrogen) atoms. The molecule has 232 valence electrons. The largest absolute Gasteiger partial charge is 0.480 e. The Morgan fingerprint density at radius 1 is 0.786 bits per heavy atom. The highest BCUT2D eigenvalue weighted by Gasteiger charge is 2.36. The number of carboxylic acids is 2. The minimum atomic E-state index is -1.73. The summed E-state index contributed by atoms with van der Waals surface area (Å²) in [5.41, 5.74) is 5.83. The molecule has 0 aliphatic carbocycles. The zero-order chi connectivity index (χ0) is 30.9. The number of unbranched alkanes of at least 4 members (excludes halogenated alkanes) is 5. The molecule has 4 N–H and O–H groups in total. The molecular weight excluding hydrogens is 560 g/mol. The van der Waals surface area contributed by atoms with E-state index in [-0.39, 0.29) is 6.61 Å². The van der Waals surface area contributed by atoms with E-state index < -0.39 is 36.7 Å². The first-order valence-electron chi connectivity index (χ1n) is 14.6. The van der Waals surface area contributed by atoms with Gasteiger partial charge < -0.3 is 30.3 Å². The van der Waals surface area contributed by atoms with E-state index in [2.05, 4.69) is 42.7 Å². The molecule has 2 aromatic rings. The molecule has 0 aliphatic heterocycles. The second-order valence-electron chi connectivity index (χ2n) is 10.6. The lowest BCUT2D eigenvalue weighted by atomic mass is 10.0. The third-order valence-electron chi connectivity index (χ3n) is 7.05. The van der Waals surface area contributed by atoms with E-state index in [0.717, 1.165) is 56.2 Å². The Labute approximate surface area is 253 Å². The zero-order valence-corrected chi connectivity index (χ0v) is 25.7. The molecule has 10 heteroatoms. The molecule has 0 bridgehead atoms. The summed E-state index contributed by atoms with van der Waals surface area (Å²) in [5.74, 6) is -3.41. The van der Waals surface area contributed by atoms with E-state index >= 15 is 0 Å². The van der Waals surface area contributed by atoms with Crippen molar-refractivity contribution in [3.63, 3.8) is 0 Å². The summed E-state index contributed by atoms with van der Waals surface area (Å²) < 4.78 is 10.7. The number of aliphatic carboxylic acids is 2. The number of hydrogen-bond donors (Lipinski definition) is 4. The number of carbonyl (C=O) groups excluding carboxylic acids is 1. The van der Waals surface area contributed by atoms with Crippen molar-refractivity contribution in [1.82, 2.24) is 5.32 Å². The fourth-order valence-electron chi connectivity index (χ4n) is 4.38. The molecule has 0 aliphatic rings. The molecule has 0 radical (unpaired) electrons. The Balaban J connectivity index is 1.75. The van der Waals surface area contributed by atoms with Crippen molar-refractivity contribution in [3.05, 3.63) is 63.7 Å². The fourth-order valence-corrected chi connectivity index (χ4v) is 4.56. The summed E-state index contributed by atoms with van der Waals surface area (Å²) in [6, 6.07) is 12.3. The second-order valence-corrected chi connectivity index (χ2v) is 11.0. The molecule has 0 spiro atoms. The van der Waals surface area contributed by atoms with Crippen LogP contribution in [-0.2, 0) is 30.3 Å². The summed E-state index contributed by atoms with van der Waals surface area (Å²) in [6.45, 7) is 6.52. The van der Waals surface area contributed by atoms with Crippen LogP contribution in [0, 0.1) is 20.8 Å². The van der Waals surface area contributed by atoms with Gasteiger partial charge in [-0.15, -0.1) is 0 Å². The van der Waals surface area contributed by atoms with Crippen LogP contribution < -0.4 is 10.6 Å². The maximum Gasteiger partial charge on any atom is 0.336 e. The Morgan fingerprint density at radius 2 is 1.48 bits per heavy atom. The number of halogens is 1. The number of carbonyl (C=O) groups is 3. The van der Waals surface area contributed by atoms with Crippen LogP contribution in [0.2, 0.25) is 5.02 Å². The van der Waals surface area contributed by atoms with Crippen LogP contribution in [0.3, 0.4) is 0 Å². The van der Waals surface area contributed by atoms with Gasteiger partial charge in [0.2, 0.25) is 0 Å². The average Bonchev–Trinajstić information content (AvgIpc) is 2.94. The first-order chi connectivity index (χ1) is 20.1. The summed E-state index contributed by atoms with van der Waals surface area (Å²) in [5, 5.41) is 25.3. The standard InChI is InChI=1S/C32H45ClN2O7/c1-22-12-14-25(19-24(22)3)11-7-4-5-8-17-35-31(38)29(30(32(39)40)42-21-28(36)37)41-18-10-6-9-16-34-26-15-13-23(2)27(33)20-26/h12-15,19-20,29-30,34H,4-11,16-18,21H2,1-3H3,(H,35,38)(H,36,37)(H,39,40). The van der Waals surface area contributed by atoms with Crippen LogP contribution in [0.15, 0.2) is 36.4 Å². The molecular formula is C32H45ClN2O7. The predicted molar refractivity (Wildman–Crippen MR) is 164 cm³/mol. The minimum absolute atomic E-state index is 0.132. The summed E-state index contributed by atoms with van der Waals surface area (Å²) in [4.78, 5) is 35.7. The smallest absolute Gasteiger partial charge is 0.336 e. The first kappa shape index (κ1) is 35.1. The number of amides is 1. The third kappa shape index (κ3) is 13.2.